The first-order valence-electron chi connectivity index (χ1n) is 5.67. The number of anilines is 1. The third-order valence-electron chi connectivity index (χ3n) is 3.61. The highest BCUT2D eigenvalue weighted by molar-refractivity contribution is 5.94. The molecule has 0 bridgehead atoms. The number of piperidine rings is 1. The lowest BCUT2D eigenvalue weighted by atomic mass is 9.89. The zero-order valence-corrected chi connectivity index (χ0v) is 10.2. The molecule has 2 amide bonds. The van der Waals surface area contributed by atoms with E-state index in [0.29, 0.717) is 5.92 Å². The Morgan fingerprint density at radius 3 is 2.94 bits per heavy atom. The lowest BCUT2D eigenvalue weighted by molar-refractivity contribution is 0.250. The van der Waals surface area contributed by atoms with Crippen molar-refractivity contribution in [1.82, 2.24) is 5.32 Å². The number of hydrogen-bond acceptors (Lipinski definition) is 2. The number of halogens is 1. The molecule has 0 spiro atoms. The van der Waals surface area contributed by atoms with Gasteiger partial charge in [-0.2, -0.15) is 0 Å². The number of rotatable bonds is 0. The van der Waals surface area contributed by atoms with Crippen LogP contribution in [0.4, 0.5) is 10.5 Å². The van der Waals surface area contributed by atoms with Crippen LogP contribution in [-0.4, -0.2) is 25.2 Å². The summed E-state index contributed by atoms with van der Waals surface area (Å²) in [7, 11) is 0. The van der Waals surface area contributed by atoms with Gasteiger partial charge in [-0.15, -0.1) is 12.4 Å². The molecule has 4 nitrogen and oxygen atoms in total. The second-order valence-electron chi connectivity index (χ2n) is 4.43. The van der Waals surface area contributed by atoms with Crippen molar-refractivity contribution in [2.45, 2.75) is 18.4 Å². The molecule has 1 aromatic carbocycles. The number of nitrogens with one attached hydrogen (secondary N) is 1. The number of benzene rings is 1. The summed E-state index contributed by atoms with van der Waals surface area (Å²) in [4.78, 5) is 13.3. The van der Waals surface area contributed by atoms with Gasteiger partial charge in [0.15, 0.2) is 0 Å². The molecule has 2 heterocycles. The number of carbonyl (C=O) groups excluding carboxylic acids is 1. The molecule has 0 radical (unpaired) electrons. The van der Waals surface area contributed by atoms with E-state index >= 15 is 0 Å². The third-order valence-corrected chi connectivity index (χ3v) is 3.61. The van der Waals surface area contributed by atoms with Crippen molar-refractivity contribution in [2.75, 3.05) is 18.0 Å². The number of hydrogen-bond donors (Lipinski definition) is 2. The molecule has 1 aromatic rings. The Balaban J connectivity index is 0.00000108. The summed E-state index contributed by atoms with van der Waals surface area (Å²) in [6.07, 6.45) is 1.07. The van der Waals surface area contributed by atoms with Crippen LogP contribution in [0.3, 0.4) is 0 Å². The smallest absolute Gasteiger partial charge is 0.319 e. The van der Waals surface area contributed by atoms with Gasteiger partial charge in [-0.3, -0.25) is 4.90 Å². The van der Waals surface area contributed by atoms with Crippen molar-refractivity contribution < 1.29 is 4.79 Å². The van der Waals surface area contributed by atoms with Crippen molar-refractivity contribution in [1.29, 1.82) is 0 Å². The van der Waals surface area contributed by atoms with Gasteiger partial charge in [0.05, 0.1) is 6.04 Å². The average molecular weight is 254 g/mol. The van der Waals surface area contributed by atoms with E-state index in [1.165, 1.54) is 5.56 Å². The van der Waals surface area contributed by atoms with Gasteiger partial charge >= 0.3 is 6.03 Å². The minimum Gasteiger partial charge on any atom is -0.351 e. The summed E-state index contributed by atoms with van der Waals surface area (Å²) in [6, 6.07) is 7.94. The Morgan fingerprint density at radius 1 is 1.41 bits per heavy atom. The predicted molar refractivity (Wildman–Crippen MR) is 69.8 cm³/mol. The molecule has 3 rings (SSSR count). The molecule has 0 saturated carbocycles. The van der Waals surface area contributed by atoms with Crippen molar-refractivity contribution in [3.63, 3.8) is 0 Å². The van der Waals surface area contributed by atoms with Gasteiger partial charge in [0, 0.05) is 18.2 Å². The Hall–Kier alpha value is -1.26. The fourth-order valence-corrected chi connectivity index (χ4v) is 2.96. The van der Waals surface area contributed by atoms with E-state index in [1.54, 1.807) is 4.90 Å². The first-order valence-corrected chi connectivity index (χ1v) is 5.67. The number of primary amides is 1. The van der Waals surface area contributed by atoms with E-state index < -0.39 is 0 Å². The number of nitrogens with zero attached hydrogens (tertiary/aromatic N) is 1. The number of amides is 2. The SMILES string of the molecule is Cl.NC(=O)N1c2ccccc2C2CCNCC21. The molecule has 1 fully saturated rings. The topological polar surface area (TPSA) is 58.4 Å². The van der Waals surface area contributed by atoms with Crippen LogP contribution in [0.5, 0.6) is 0 Å². The van der Waals surface area contributed by atoms with Crippen LogP contribution < -0.4 is 16.0 Å². The first kappa shape index (κ1) is 12.2. The van der Waals surface area contributed by atoms with Gasteiger partial charge < -0.3 is 11.1 Å². The van der Waals surface area contributed by atoms with E-state index in [-0.39, 0.29) is 24.5 Å². The fraction of sp³-hybridized carbons (Fsp3) is 0.417. The minimum atomic E-state index is -0.344. The Morgan fingerprint density at radius 2 is 2.18 bits per heavy atom. The lowest BCUT2D eigenvalue weighted by Gasteiger charge is -2.31. The summed E-state index contributed by atoms with van der Waals surface area (Å²) in [6.45, 7) is 1.85. The van der Waals surface area contributed by atoms with Crippen molar-refractivity contribution >= 4 is 24.1 Å². The number of para-hydroxylation sites is 1. The van der Waals surface area contributed by atoms with Gasteiger partial charge in [0.1, 0.15) is 0 Å². The normalized spacial score (nSPS) is 25.8. The monoisotopic (exact) mass is 253 g/mol. The maximum atomic E-state index is 11.5. The number of urea groups is 1. The summed E-state index contributed by atoms with van der Waals surface area (Å²) < 4.78 is 0. The van der Waals surface area contributed by atoms with Crippen molar-refractivity contribution in [2.24, 2.45) is 5.73 Å². The molecule has 1 saturated heterocycles. The quantitative estimate of drug-likeness (QED) is 0.735. The van der Waals surface area contributed by atoms with E-state index in [1.807, 2.05) is 18.2 Å². The molecule has 92 valence electrons. The van der Waals surface area contributed by atoms with Gasteiger partial charge in [-0.1, -0.05) is 18.2 Å². The molecule has 0 aliphatic carbocycles. The molecule has 2 aliphatic rings. The van der Waals surface area contributed by atoms with Crippen LogP contribution in [0.1, 0.15) is 17.9 Å². The Bertz CT molecular complexity index is 438. The average Bonchev–Trinajstić information content (AvgIpc) is 2.63. The molecule has 2 unspecified atom stereocenters. The van der Waals surface area contributed by atoms with E-state index in [0.717, 1.165) is 25.2 Å². The van der Waals surface area contributed by atoms with E-state index in [2.05, 4.69) is 11.4 Å². The Labute approximate surface area is 107 Å². The van der Waals surface area contributed by atoms with Crippen LogP contribution in [-0.2, 0) is 0 Å². The molecular weight excluding hydrogens is 238 g/mol. The predicted octanol–water partition coefficient (Wildman–Crippen LogP) is 1.45. The van der Waals surface area contributed by atoms with Crippen molar-refractivity contribution in [3.05, 3.63) is 29.8 Å². The second kappa shape index (κ2) is 4.55. The number of carbonyl (C=O) groups is 1. The van der Waals surface area contributed by atoms with Crippen LogP contribution in [0.15, 0.2) is 24.3 Å². The van der Waals surface area contributed by atoms with Gasteiger partial charge in [-0.25, -0.2) is 4.79 Å². The van der Waals surface area contributed by atoms with E-state index in [9.17, 15) is 4.79 Å². The maximum absolute atomic E-state index is 11.5. The zero-order chi connectivity index (χ0) is 11.1. The second-order valence-corrected chi connectivity index (χ2v) is 4.43. The highest BCUT2D eigenvalue weighted by Gasteiger charge is 2.41. The molecule has 2 aliphatic heterocycles. The van der Waals surface area contributed by atoms with Crippen LogP contribution >= 0.6 is 12.4 Å². The molecule has 3 N–H and O–H groups in total. The molecule has 0 aromatic heterocycles. The summed E-state index contributed by atoms with van der Waals surface area (Å²) in [5.41, 5.74) is 7.74. The molecule has 5 heteroatoms. The highest BCUT2D eigenvalue weighted by atomic mass is 35.5. The van der Waals surface area contributed by atoms with Crippen LogP contribution in [0.25, 0.3) is 0 Å². The molecule has 17 heavy (non-hydrogen) atoms. The van der Waals surface area contributed by atoms with Gasteiger partial charge in [0.2, 0.25) is 0 Å². The lowest BCUT2D eigenvalue weighted by Crippen LogP contribution is -2.50. The standard InChI is InChI=1S/C12H15N3O.ClH/c13-12(16)15-10-4-2-1-3-8(10)9-5-6-14-7-11(9)15;/h1-4,9,11,14H,5-7H2,(H2,13,16);1H. The summed E-state index contributed by atoms with van der Waals surface area (Å²) in [5, 5.41) is 3.33. The minimum absolute atomic E-state index is 0. The zero-order valence-electron chi connectivity index (χ0n) is 9.43. The summed E-state index contributed by atoms with van der Waals surface area (Å²) >= 11 is 0. The molecular formula is C12H16ClN3O. The number of nitrogens with two attached hydrogens (primary N) is 1. The van der Waals surface area contributed by atoms with Crippen LogP contribution in [0, 0.1) is 0 Å². The fourth-order valence-electron chi connectivity index (χ4n) is 2.96. The Kier molecular flexibility index (Phi) is 3.26. The first-order chi connectivity index (χ1) is 7.79. The van der Waals surface area contributed by atoms with Gasteiger partial charge in [0.25, 0.3) is 0 Å². The van der Waals surface area contributed by atoms with Gasteiger partial charge in [-0.05, 0) is 24.6 Å². The van der Waals surface area contributed by atoms with Crippen molar-refractivity contribution in [3.8, 4) is 0 Å². The van der Waals surface area contributed by atoms with E-state index in [4.69, 9.17) is 5.73 Å². The van der Waals surface area contributed by atoms with Crippen LogP contribution in [0.2, 0.25) is 0 Å². The summed E-state index contributed by atoms with van der Waals surface area (Å²) in [5.74, 6) is 0.449. The largest absolute Gasteiger partial charge is 0.351 e. The molecule has 2 atom stereocenters. The highest BCUT2D eigenvalue weighted by Crippen LogP contribution is 2.43. The third kappa shape index (κ3) is 1.77. The maximum Gasteiger partial charge on any atom is 0.319 e. The number of fused-ring (bicyclic) bond motifs is 3.